The predicted octanol–water partition coefficient (Wildman–Crippen LogP) is 3.56. The van der Waals surface area contributed by atoms with Crippen molar-refractivity contribution in [2.45, 2.75) is 19.3 Å². The van der Waals surface area contributed by atoms with E-state index in [9.17, 15) is 18.0 Å². The van der Waals surface area contributed by atoms with Gasteiger partial charge in [-0.3, -0.25) is 9.69 Å². The Kier molecular flexibility index (Phi) is 8.81. The van der Waals surface area contributed by atoms with E-state index < -0.39 is 11.7 Å². The van der Waals surface area contributed by atoms with Crippen molar-refractivity contribution in [3.8, 4) is 0 Å². The van der Waals surface area contributed by atoms with Crippen LogP contribution in [0.5, 0.6) is 0 Å². The van der Waals surface area contributed by atoms with Crippen LogP contribution in [0.4, 0.5) is 13.2 Å². The van der Waals surface area contributed by atoms with Crippen LogP contribution in [0.15, 0.2) is 41.0 Å². The van der Waals surface area contributed by atoms with Gasteiger partial charge in [-0.05, 0) is 17.7 Å². The Morgan fingerprint density at radius 2 is 1.79 bits per heavy atom. The van der Waals surface area contributed by atoms with E-state index in [-0.39, 0.29) is 37.3 Å². The Morgan fingerprint density at radius 1 is 1.11 bits per heavy atom. The van der Waals surface area contributed by atoms with Crippen molar-refractivity contribution >= 4 is 30.7 Å². The van der Waals surface area contributed by atoms with Crippen LogP contribution in [-0.2, 0) is 19.3 Å². The average molecular weight is 440 g/mol. The van der Waals surface area contributed by atoms with Crippen LogP contribution < -0.4 is 5.73 Å². The van der Waals surface area contributed by atoms with Crippen LogP contribution in [0.2, 0.25) is 0 Å². The van der Waals surface area contributed by atoms with Gasteiger partial charge in [-0.2, -0.15) is 13.2 Å². The summed E-state index contributed by atoms with van der Waals surface area (Å²) in [5, 5.41) is 0. The van der Waals surface area contributed by atoms with Crippen LogP contribution in [0.3, 0.4) is 0 Å². The Hall–Kier alpha value is -1.74. The molecule has 0 spiro atoms. The van der Waals surface area contributed by atoms with Crippen molar-refractivity contribution in [3.05, 3.63) is 59.0 Å². The molecule has 1 amide bonds. The number of amides is 1. The molecule has 0 bridgehead atoms. The molecule has 1 saturated heterocycles. The highest BCUT2D eigenvalue weighted by Gasteiger charge is 2.30. The number of hydrogen-bond donors (Lipinski definition) is 1. The van der Waals surface area contributed by atoms with E-state index in [1.165, 1.54) is 18.4 Å². The minimum atomic E-state index is -4.34. The number of carbonyl (C=O) groups is 1. The highest BCUT2D eigenvalue weighted by Crippen LogP contribution is 2.29. The largest absolute Gasteiger partial charge is 0.467 e. The molecule has 2 N–H and O–H groups in total. The van der Waals surface area contributed by atoms with Crippen molar-refractivity contribution in [3.63, 3.8) is 0 Å². The summed E-state index contributed by atoms with van der Waals surface area (Å²) >= 11 is 0. The molecule has 1 aromatic heterocycles. The monoisotopic (exact) mass is 439 g/mol. The van der Waals surface area contributed by atoms with Gasteiger partial charge in [0.05, 0.1) is 17.7 Å². The van der Waals surface area contributed by atoms with Crippen molar-refractivity contribution in [2.75, 3.05) is 26.2 Å². The maximum atomic E-state index is 12.8. The van der Waals surface area contributed by atoms with Gasteiger partial charge < -0.3 is 15.1 Å². The fourth-order valence-corrected chi connectivity index (χ4v) is 3.00. The topological polar surface area (TPSA) is 62.7 Å². The van der Waals surface area contributed by atoms with Crippen LogP contribution in [0.25, 0.3) is 0 Å². The van der Waals surface area contributed by atoms with Gasteiger partial charge in [0.2, 0.25) is 0 Å². The molecule has 5 nitrogen and oxygen atoms in total. The number of carbonyl (C=O) groups excluding carboxylic acids is 1. The molecule has 156 valence electrons. The summed E-state index contributed by atoms with van der Waals surface area (Å²) in [5.74, 6) is 0.434. The van der Waals surface area contributed by atoms with E-state index >= 15 is 0 Å². The Morgan fingerprint density at radius 3 is 2.36 bits per heavy atom. The zero-order chi connectivity index (χ0) is 18.7. The lowest BCUT2D eigenvalue weighted by atomic mass is 10.1. The van der Waals surface area contributed by atoms with Gasteiger partial charge in [-0.1, -0.05) is 18.2 Å². The summed E-state index contributed by atoms with van der Waals surface area (Å²) in [6.07, 6.45) is -2.94. The molecule has 1 aliphatic rings. The molecule has 0 saturated carbocycles. The molecule has 0 aliphatic carbocycles. The number of rotatable bonds is 4. The normalized spacial score (nSPS) is 14.9. The Balaban J connectivity index is 0.00000196. The summed E-state index contributed by atoms with van der Waals surface area (Å²) in [5.41, 5.74) is 5.92. The van der Waals surface area contributed by atoms with Crippen molar-refractivity contribution in [1.29, 1.82) is 0 Å². The highest BCUT2D eigenvalue weighted by atomic mass is 35.5. The maximum absolute atomic E-state index is 12.8. The molecule has 1 aliphatic heterocycles. The van der Waals surface area contributed by atoms with Crippen LogP contribution in [0, 0.1) is 0 Å². The fraction of sp³-hybridized carbons (Fsp3) is 0.389. The van der Waals surface area contributed by atoms with E-state index in [2.05, 4.69) is 0 Å². The van der Waals surface area contributed by atoms with Crippen molar-refractivity contribution < 1.29 is 22.4 Å². The number of furan rings is 1. The van der Waals surface area contributed by atoms with Crippen LogP contribution in [0.1, 0.15) is 27.2 Å². The van der Waals surface area contributed by atoms with Gasteiger partial charge in [0, 0.05) is 32.7 Å². The van der Waals surface area contributed by atoms with Crippen molar-refractivity contribution in [2.24, 2.45) is 5.73 Å². The summed E-state index contributed by atoms with van der Waals surface area (Å²) in [7, 11) is 0. The predicted molar refractivity (Wildman–Crippen MR) is 104 cm³/mol. The number of benzene rings is 1. The SMILES string of the molecule is Cl.Cl.NCc1cc(C(=O)N2CCN(Cc3cccc(C(F)(F)F)c3)CC2)co1. The molecule has 2 heterocycles. The first-order valence-corrected chi connectivity index (χ1v) is 8.32. The first-order valence-electron chi connectivity index (χ1n) is 8.32. The molecule has 28 heavy (non-hydrogen) atoms. The molecule has 0 unspecified atom stereocenters. The molecule has 1 fully saturated rings. The molecule has 10 heteroatoms. The van der Waals surface area contributed by atoms with Gasteiger partial charge in [-0.15, -0.1) is 24.8 Å². The molecule has 2 aromatic rings. The van der Waals surface area contributed by atoms with Crippen molar-refractivity contribution in [1.82, 2.24) is 9.80 Å². The van der Waals surface area contributed by atoms with Gasteiger partial charge in [0.15, 0.2) is 0 Å². The minimum Gasteiger partial charge on any atom is -0.467 e. The number of nitrogens with two attached hydrogens (primary N) is 1. The molecule has 1 aromatic carbocycles. The molecule has 0 atom stereocenters. The summed E-state index contributed by atoms with van der Waals surface area (Å²) in [6, 6.07) is 6.99. The molecule has 0 radical (unpaired) electrons. The van der Waals surface area contributed by atoms with E-state index in [1.807, 2.05) is 4.90 Å². The summed E-state index contributed by atoms with van der Waals surface area (Å²) in [6.45, 7) is 2.89. The Bertz CT molecular complexity index is 775. The van der Waals surface area contributed by atoms with Gasteiger partial charge in [0.1, 0.15) is 12.0 Å². The number of piperazine rings is 1. The molecule has 3 rings (SSSR count). The van der Waals surface area contributed by atoms with E-state index in [1.54, 1.807) is 17.0 Å². The van der Waals surface area contributed by atoms with Gasteiger partial charge >= 0.3 is 6.18 Å². The summed E-state index contributed by atoms with van der Waals surface area (Å²) in [4.78, 5) is 16.2. The third-order valence-corrected chi connectivity index (χ3v) is 4.42. The zero-order valence-corrected chi connectivity index (χ0v) is 16.6. The lowest BCUT2D eigenvalue weighted by Gasteiger charge is -2.34. The third-order valence-electron chi connectivity index (χ3n) is 4.42. The number of nitrogens with zero attached hydrogens (tertiary/aromatic N) is 2. The first-order chi connectivity index (χ1) is 12.4. The third kappa shape index (κ3) is 5.88. The number of hydrogen-bond acceptors (Lipinski definition) is 4. The smallest absolute Gasteiger partial charge is 0.416 e. The zero-order valence-electron chi connectivity index (χ0n) is 14.9. The molecular weight excluding hydrogens is 418 g/mol. The second kappa shape index (κ2) is 10.2. The minimum absolute atomic E-state index is 0. The quantitative estimate of drug-likeness (QED) is 0.790. The Labute approximate surface area is 173 Å². The second-order valence-electron chi connectivity index (χ2n) is 6.27. The average Bonchev–Trinajstić information content (AvgIpc) is 3.10. The standard InChI is InChI=1S/C18H20F3N3O2.2ClH/c19-18(20,21)15-3-1-2-13(8-15)11-23-4-6-24(7-5-23)17(25)14-9-16(10-22)26-12-14;;/h1-3,8-9,12H,4-7,10-11,22H2;2*1H. The highest BCUT2D eigenvalue weighted by molar-refractivity contribution is 5.94. The maximum Gasteiger partial charge on any atom is 0.416 e. The van der Waals surface area contributed by atoms with Crippen LogP contribution >= 0.6 is 24.8 Å². The molecular formula is C18H22Cl2F3N3O2. The number of halogens is 5. The lowest BCUT2D eigenvalue weighted by molar-refractivity contribution is -0.137. The second-order valence-corrected chi connectivity index (χ2v) is 6.27. The van der Waals surface area contributed by atoms with E-state index in [4.69, 9.17) is 10.2 Å². The lowest BCUT2D eigenvalue weighted by Crippen LogP contribution is -2.48. The van der Waals surface area contributed by atoms with Gasteiger partial charge in [-0.25, -0.2) is 0 Å². The number of alkyl halides is 3. The first kappa shape index (κ1) is 24.3. The van der Waals surface area contributed by atoms with E-state index in [0.717, 1.165) is 6.07 Å². The van der Waals surface area contributed by atoms with Gasteiger partial charge in [0.25, 0.3) is 5.91 Å². The van der Waals surface area contributed by atoms with E-state index in [0.29, 0.717) is 49.6 Å². The summed E-state index contributed by atoms with van der Waals surface area (Å²) < 4.78 is 43.6. The fourth-order valence-electron chi connectivity index (χ4n) is 3.00. The van der Waals surface area contributed by atoms with Crippen LogP contribution in [-0.4, -0.2) is 41.9 Å².